The van der Waals surface area contributed by atoms with Crippen molar-refractivity contribution in [1.29, 1.82) is 0 Å². The van der Waals surface area contributed by atoms with Gasteiger partial charge in [-0.2, -0.15) is 0 Å². The number of benzene rings is 1. The number of hydrogen-bond donors (Lipinski definition) is 1. The Morgan fingerprint density at radius 1 is 1.29 bits per heavy atom. The Morgan fingerprint density at radius 3 is 2.38 bits per heavy atom. The van der Waals surface area contributed by atoms with Gasteiger partial charge in [0.1, 0.15) is 5.75 Å². The third kappa shape index (κ3) is 4.28. The number of amides is 1. The molecule has 0 heterocycles. The fourth-order valence-corrected chi connectivity index (χ4v) is 3.29. The number of carbonyl (C=O) groups excluding carboxylic acids is 1. The molecule has 5 heteroatoms. The van der Waals surface area contributed by atoms with Crippen LogP contribution < -0.4 is 4.74 Å². The van der Waals surface area contributed by atoms with Crippen LogP contribution in [0.25, 0.3) is 0 Å². The van der Waals surface area contributed by atoms with Crippen molar-refractivity contribution in [2.24, 2.45) is 11.3 Å². The first-order valence-electron chi connectivity index (χ1n) is 8.46. The molecule has 0 radical (unpaired) electrons. The second-order valence-electron chi connectivity index (χ2n) is 7.05. The zero-order valence-corrected chi connectivity index (χ0v) is 14.7. The second-order valence-corrected chi connectivity index (χ2v) is 7.05. The number of ether oxygens (including phenoxy) is 1. The van der Waals surface area contributed by atoms with Crippen molar-refractivity contribution in [3.63, 3.8) is 0 Å². The maximum Gasteiger partial charge on any atom is 0.310 e. The van der Waals surface area contributed by atoms with Gasteiger partial charge in [-0.1, -0.05) is 25.5 Å². The van der Waals surface area contributed by atoms with E-state index in [1.165, 1.54) is 5.56 Å². The van der Waals surface area contributed by atoms with Gasteiger partial charge in [0.25, 0.3) is 0 Å². The predicted molar refractivity (Wildman–Crippen MR) is 92.0 cm³/mol. The minimum atomic E-state index is -0.832. The lowest BCUT2D eigenvalue weighted by atomic mass is 9.66. The lowest BCUT2D eigenvalue weighted by Gasteiger charge is -2.38. The van der Waals surface area contributed by atoms with Crippen LogP contribution in [0.15, 0.2) is 24.3 Å². The average Bonchev–Trinajstić information content (AvgIpc) is 2.50. The van der Waals surface area contributed by atoms with E-state index in [0.29, 0.717) is 25.3 Å². The number of carboxylic acid groups (broad SMARTS) is 1. The molecule has 1 aliphatic carbocycles. The van der Waals surface area contributed by atoms with Gasteiger partial charge in [0.05, 0.1) is 12.5 Å². The highest BCUT2D eigenvalue weighted by atomic mass is 16.5. The quantitative estimate of drug-likeness (QED) is 0.794. The van der Waals surface area contributed by atoms with Gasteiger partial charge in [-0.3, -0.25) is 9.59 Å². The van der Waals surface area contributed by atoms with Crippen LogP contribution in [0.1, 0.15) is 38.2 Å². The highest BCUT2D eigenvalue weighted by Gasteiger charge is 2.46. The average molecular weight is 333 g/mol. The minimum Gasteiger partial charge on any atom is -0.497 e. The Morgan fingerprint density at radius 2 is 1.92 bits per heavy atom. The summed E-state index contributed by atoms with van der Waals surface area (Å²) >= 11 is 0. The molecule has 0 aromatic heterocycles. The van der Waals surface area contributed by atoms with E-state index >= 15 is 0 Å². The third-order valence-electron chi connectivity index (χ3n) is 5.01. The standard InChI is InChI=1S/C19H27NO4/c1-14(11-15-5-7-16(24-3)8-6-15)13-20(2)17(21)12-19(18(22)23)9-4-10-19/h5-8,14H,4,9-13H2,1-3H3,(H,22,23). The van der Waals surface area contributed by atoms with Crippen molar-refractivity contribution in [2.75, 3.05) is 20.7 Å². The van der Waals surface area contributed by atoms with Crippen molar-refractivity contribution in [1.82, 2.24) is 4.90 Å². The molecule has 1 aliphatic rings. The number of hydrogen-bond acceptors (Lipinski definition) is 3. The Labute approximate surface area is 143 Å². The molecule has 0 aliphatic heterocycles. The molecule has 0 saturated heterocycles. The number of rotatable bonds is 8. The predicted octanol–water partition coefficient (Wildman–Crippen LogP) is 2.98. The fraction of sp³-hybridized carbons (Fsp3) is 0.579. The summed E-state index contributed by atoms with van der Waals surface area (Å²) in [5.74, 6) is 0.230. The highest BCUT2D eigenvalue weighted by Crippen LogP contribution is 2.44. The molecule has 1 aromatic rings. The van der Waals surface area contributed by atoms with Crippen LogP contribution in [0.5, 0.6) is 5.75 Å². The Hall–Kier alpha value is -2.04. The van der Waals surface area contributed by atoms with E-state index in [1.54, 1.807) is 19.1 Å². The lowest BCUT2D eigenvalue weighted by Crippen LogP contribution is -2.43. The number of aliphatic carboxylic acids is 1. The SMILES string of the molecule is COc1ccc(CC(C)CN(C)C(=O)CC2(C(=O)O)CCC2)cc1. The Kier molecular flexibility index (Phi) is 5.86. The number of nitrogens with zero attached hydrogens (tertiary/aromatic N) is 1. The monoisotopic (exact) mass is 333 g/mol. The van der Waals surface area contributed by atoms with Gasteiger partial charge in [-0.05, 0) is 42.9 Å². The summed E-state index contributed by atoms with van der Waals surface area (Å²) < 4.78 is 5.15. The van der Waals surface area contributed by atoms with Crippen molar-refractivity contribution in [3.8, 4) is 5.75 Å². The van der Waals surface area contributed by atoms with E-state index < -0.39 is 11.4 Å². The van der Waals surface area contributed by atoms with E-state index in [9.17, 15) is 14.7 Å². The maximum absolute atomic E-state index is 12.4. The first-order chi connectivity index (χ1) is 11.4. The van der Waals surface area contributed by atoms with E-state index in [2.05, 4.69) is 6.92 Å². The van der Waals surface area contributed by atoms with E-state index in [4.69, 9.17) is 4.74 Å². The van der Waals surface area contributed by atoms with E-state index in [-0.39, 0.29) is 12.3 Å². The molecule has 1 N–H and O–H groups in total. The van der Waals surface area contributed by atoms with Crippen LogP contribution in [0.2, 0.25) is 0 Å². The van der Waals surface area contributed by atoms with Gasteiger partial charge in [0, 0.05) is 20.0 Å². The van der Waals surface area contributed by atoms with Crippen molar-refractivity contribution >= 4 is 11.9 Å². The van der Waals surface area contributed by atoms with Crippen molar-refractivity contribution < 1.29 is 19.4 Å². The van der Waals surface area contributed by atoms with Crippen LogP contribution in [0, 0.1) is 11.3 Å². The van der Waals surface area contributed by atoms with E-state index in [1.807, 2.05) is 24.3 Å². The molecule has 1 atom stereocenters. The largest absolute Gasteiger partial charge is 0.497 e. The summed E-state index contributed by atoms with van der Waals surface area (Å²) in [4.78, 5) is 25.4. The summed E-state index contributed by atoms with van der Waals surface area (Å²) in [6.07, 6.45) is 3.11. The van der Waals surface area contributed by atoms with Crippen LogP contribution in [-0.4, -0.2) is 42.6 Å². The van der Waals surface area contributed by atoms with Crippen molar-refractivity contribution in [3.05, 3.63) is 29.8 Å². The summed E-state index contributed by atoms with van der Waals surface area (Å²) in [7, 11) is 3.41. The molecule has 0 bridgehead atoms. The first-order valence-corrected chi connectivity index (χ1v) is 8.46. The van der Waals surface area contributed by atoms with Crippen LogP contribution >= 0.6 is 0 Å². The molecule has 1 fully saturated rings. The second kappa shape index (κ2) is 7.69. The van der Waals surface area contributed by atoms with Crippen LogP contribution in [0.4, 0.5) is 0 Å². The maximum atomic E-state index is 12.4. The molecule has 1 amide bonds. The van der Waals surface area contributed by atoms with Gasteiger partial charge in [0.2, 0.25) is 5.91 Å². The van der Waals surface area contributed by atoms with Gasteiger partial charge in [0.15, 0.2) is 0 Å². The smallest absolute Gasteiger partial charge is 0.310 e. The summed E-state index contributed by atoms with van der Waals surface area (Å²) in [6, 6.07) is 7.93. The molecule has 24 heavy (non-hydrogen) atoms. The Balaban J connectivity index is 1.84. The highest BCUT2D eigenvalue weighted by molar-refractivity contribution is 5.85. The molecule has 0 spiro atoms. The summed E-state index contributed by atoms with van der Waals surface area (Å²) in [6.45, 7) is 2.73. The summed E-state index contributed by atoms with van der Waals surface area (Å²) in [5.41, 5.74) is 0.384. The molecule has 1 unspecified atom stereocenters. The number of carbonyl (C=O) groups is 2. The molecule has 1 saturated carbocycles. The van der Waals surface area contributed by atoms with Crippen LogP contribution in [0.3, 0.4) is 0 Å². The molecular formula is C19H27NO4. The van der Waals surface area contributed by atoms with Crippen molar-refractivity contribution in [2.45, 2.75) is 39.0 Å². The third-order valence-corrected chi connectivity index (χ3v) is 5.01. The van der Waals surface area contributed by atoms with E-state index in [0.717, 1.165) is 18.6 Å². The van der Waals surface area contributed by atoms with Gasteiger partial charge >= 0.3 is 5.97 Å². The minimum absolute atomic E-state index is 0.0707. The zero-order valence-electron chi connectivity index (χ0n) is 14.7. The zero-order chi connectivity index (χ0) is 17.7. The van der Waals surface area contributed by atoms with Gasteiger partial charge in [-0.15, -0.1) is 0 Å². The Bertz CT molecular complexity index is 578. The fourth-order valence-electron chi connectivity index (χ4n) is 3.29. The topological polar surface area (TPSA) is 66.8 Å². The summed E-state index contributed by atoms with van der Waals surface area (Å²) in [5, 5.41) is 9.35. The molecule has 5 nitrogen and oxygen atoms in total. The van der Waals surface area contributed by atoms with Crippen LogP contribution in [-0.2, 0) is 16.0 Å². The molecule has 2 rings (SSSR count). The molecule has 132 valence electrons. The molecule has 1 aromatic carbocycles. The van der Waals surface area contributed by atoms with Gasteiger partial charge in [-0.25, -0.2) is 0 Å². The normalized spacial score (nSPS) is 16.8. The number of carboxylic acids is 1. The first kappa shape index (κ1) is 18.3. The molecular weight excluding hydrogens is 306 g/mol. The van der Waals surface area contributed by atoms with Gasteiger partial charge < -0.3 is 14.7 Å². The lowest BCUT2D eigenvalue weighted by molar-refractivity contribution is -0.159. The number of methoxy groups -OCH3 is 1.